The van der Waals surface area contributed by atoms with Gasteiger partial charge in [0.05, 0.1) is 14.2 Å². The van der Waals surface area contributed by atoms with E-state index in [9.17, 15) is 9.59 Å². The number of hydrogen-bond donors (Lipinski definition) is 2. The minimum absolute atomic E-state index is 0.0563. The Balaban J connectivity index is 2.04. The van der Waals surface area contributed by atoms with Crippen molar-refractivity contribution >= 4 is 11.8 Å². The van der Waals surface area contributed by atoms with E-state index in [2.05, 4.69) is 10.6 Å². The van der Waals surface area contributed by atoms with Crippen molar-refractivity contribution in [2.45, 2.75) is 33.4 Å². The molecular formula is C22H28N2O4. The molecule has 0 fully saturated rings. The first-order valence-corrected chi connectivity index (χ1v) is 9.21. The van der Waals surface area contributed by atoms with Crippen molar-refractivity contribution in [1.29, 1.82) is 0 Å². The summed E-state index contributed by atoms with van der Waals surface area (Å²) in [7, 11) is 3.14. The van der Waals surface area contributed by atoms with Crippen LogP contribution in [0, 0.1) is 12.8 Å². The molecule has 6 heteroatoms. The fourth-order valence-electron chi connectivity index (χ4n) is 2.84. The van der Waals surface area contributed by atoms with Gasteiger partial charge in [0.15, 0.2) is 11.5 Å². The highest BCUT2D eigenvalue weighted by atomic mass is 16.5. The summed E-state index contributed by atoms with van der Waals surface area (Å²) in [6.07, 6.45) is 0. The second kappa shape index (κ2) is 9.78. The van der Waals surface area contributed by atoms with Crippen molar-refractivity contribution in [1.82, 2.24) is 10.6 Å². The normalized spacial score (nSPS) is 11.6. The van der Waals surface area contributed by atoms with Gasteiger partial charge in [0.1, 0.15) is 6.04 Å². The lowest BCUT2D eigenvalue weighted by molar-refractivity contribution is -0.124. The largest absolute Gasteiger partial charge is 0.493 e. The molecular weight excluding hydrogens is 356 g/mol. The number of hydrogen-bond acceptors (Lipinski definition) is 4. The zero-order chi connectivity index (χ0) is 20.7. The van der Waals surface area contributed by atoms with Gasteiger partial charge in [-0.25, -0.2) is 0 Å². The highest BCUT2D eigenvalue weighted by Crippen LogP contribution is 2.27. The van der Waals surface area contributed by atoms with Crippen LogP contribution in [0.4, 0.5) is 0 Å². The molecule has 2 amide bonds. The van der Waals surface area contributed by atoms with Crippen molar-refractivity contribution < 1.29 is 19.1 Å². The molecule has 0 aliphatic heterocycles. The Hall–Kier alpha value is -3.02. The van der Waals surface area contributed by atoms with Crippen LogP contribution < -0.4 is 20.1 Å². The second-order valence-corrected chi connectivity index (χ2v) is 6.97. The number of methoxy groups -OCH3 is 2. The standard InChI is InChI=1S/C22H28N2O4/c1-14(2)20(24-21(25)17-8-6-7-15(3)11-17)22(26)23-13-16-9-10-18(27-4)19(12-16)28-5/h6-12,14,20H,13H2,1-5H3,(H,23,26)(H,24,25). The van der Waals surface area contributed by atoms with Gasteiger partial charge in [-0.05, 0) is 42.7 Å². The molecule has 2 N–H and O–H groups in total. The van der Waals surface area contributed by atoms with Crippen molar-refractivity contribution in [2.75, 3.05) is 14.2 Å². The molecule has 6 nitrogen and oxygen atoms in total. The van der Waals surface area contributed by atoms with Gasteiger partial charge in [0.25, 0.3) is 5.91 Å². The molecule has 2 aromatic carbocycles. The van der Waals surface area contributed by atoms with Crippen LogP contribution in [0.2, 0.25) is 0 Å². The molecule has 0 saturated carbocycles. The van der Waals surface area contributed by atoms with Crippen molar-refractivity contribution in [3.63, 3.8) is 0 Å². The maximum atomic E-state index is 12.7. The van der Waals surface area contributed by atoms with E-state index in [1.165, 1.54) is 0 Å². The summed E-state index contributed by atoms with van der Waals surface area (Å²) in [6, 6.07) is 12.1. The van der Waals surface area contributed by atoms with Crippen molar-refractivity contribution in [2.24, 2.45) is 5.92 Å². The maximum absolute atomic E-state index is 12.7. The van der Waals surface area contributed by atoms with Gasteiger partial charge in [-0.3, -0.25) is 9.59 Å². The summed E-state index contributed by atoms with van der Waals surface area (Å²) < 4.78 is 10.5. The molecule has 0 saturated heterocycles. The highest BCUT2D eigenvalue weighted by Gasteiger charge is 2.24. The van der Waals surface area contributed by atoms with Gasteiger partial charge in [-0.1, -0.05) is 37.6 Å². The number of carbonyl (C=O) groups excluding carboxylic acids is 2. The van der Waals surface area contributed by atoms with Gasteiger partial charge >= 0.3 is 0 Å². The van der Waals surface area contributed by atoms with E-state index in [0.717, 1.165) is 11.1 Å². The average Bonchev–Trinajstić information content (AvgIpc) is 2.69. The van der Waals surface area contributed by atoms with Gasteiger partial charge in [0.2, 0.25) is 5.91 Å². The molecule has 1 atom stereocenters. The first-order chi connectivity index (χ1) is 13.3. The monoisotopic (exact) mass is 384 g/mol. The first-order valence-electron chi connectivity index (χ1n) is 9.21. The zero-order valence-corrected chi connectivity index (χ0v) is 17.0. The lowest BCUT2D eigenvalue weighted by Crippen LogP contribution is -2.49. The second-order valence-electron chi connectivity index (χ2n) is 6.97. The molecule has 0 aliphatic carbocycles. The van der Waals surface area contributed by atoms with E-state index in [0.29, 0.717) is 23.6 Å². The molecule has 1 unspecified atom stereocenters. The molecule has 2 aromatic rings. The van der Waals surface area contributed by atoms with Crippen LogP contribution in [0.1, 0.15) is 35.3 Å². The fourth-order valence-corrected chi connectivity index (χ4v) is 2.84. The number of rotatable bonds is 8. The summed E-state index contributed by atoms with van der Waals surface area (Å²) in [5, 5.41) is 5.73. The summed E-state index contributed by atoms with van der Waals surface area (Å²) in [5.74, 6) is 0.680. The van der Waals surface area contributed by atoms with E-state index in [-0.39, 0.29) is 17.7 Å². The predicted octanol–water partition coefficient (Wildman–Crippen LogP) is 3.08. The van der Waals surface area contributed by atoms with Crippen LogP contribution in [0.5, 0.6) is 11.5 Å². The van der Waals surface area contributed by atoms with Gasteiger partial charge in [-0.15, -0.1) is 0 Å². The Morgan fingerprint density at radius 3 is 2.32 bits per heavy atom. The van der Waals surface area contributed by atoms with Crippen molar-refractivity contribution in [3.8, 4) is 11.5 Å². The molecule has 0 aliphatic rings. The Bertz CT molecular complexity index is 833. The quantitative estimate of drug-likeness (QED) is 0.733. The van der Waals surface area contributed by atoms with E-state index in [1.54, 1.807) is 32.4 Å². The van der Waals surface area contributed by atoms with E-state index in [4.69, 9.17) is 9.47 Å². The molecule has 0 aromatic heterocycles. The minimum Gasteiger partial charge on any atom is -0.493 e. The third-order valence-electron chi connectivity index (χ3n) is 4.43. The van der Waals surface area contributed by atoms with Crippen LogP contribution in [-0.2, 0) is 11.3 Å². The zero-order valence-electron chi connectivity index (χ0n) is 17.0. The molecule has 0 heterocycles. The van der Waals surface area contributed by atoms with Crippen LogP contribution >= 0.6 is 0 Å². The summed E-state index contributed by atoms with van der Waals surface area (Å²) in [6.45, 7) is 6.05. The summed E-state index contributed by atoms with van der Waals surface area (Å²) >= 11 is 0. The van der Waals surface area contributed by atoms with Gasteiger partial charge in [-0.2, -0.15) is 0 Å². The summed E-state index contributed by atoms with van der Waals surface area (Å²) in [5.41, 5.74) is 2.41. The molecule has 0 radical (unpaired) electrons. The molecule has 0 spiro atoms. The van der Waals surface area contributed by atoms with Crippen LogP contribution in [0.3, 0.4) is 0 Å². The van der Waals surface area contributed by atoms with Crippen LogP contribution in [-0.4, -0.2) is 32.1 Å². The number of nitrogens with one attached hydrogen (secondary N) is 2. The van der Waals surface area contributed by atoms with Gasteiger partial charge < -0.3 is 20.1 Å². The topological polar surface area (TPSA) is 76.7 Å². The SMILES string of the molecule is COc1ccc(CNC(=O)C(NC(=O)c2cccc(C)c2)C(C)C)cc1OC. The number of benzene rings is 2. The van der Waals surface area contributed by atoms with E-state index < -0.39 is 6.04 Å². The number of carbonyl (C=O) groups is 2. The van der Waals surface area contributed by atoms with E-state index >= 15 is 0 Å². The molecule has 28 heavy (non-hydrogen) atoms. The Morgan fingerprint density at radius 2 is 1.71 bits per heavy atom. The number of ether oxygens (including phenoxy) is 2. The number of amides is 2. The lowest BCUT2D eigenvalue weighted by atomic mass is 10.0. The van der Waals surface area contributed by atoms with Crippen LogP contribution in [0.25, 0.3) is 0 Å². The average molecular weight is 384 g/mol. The lowest BCUT2D eigenvalue weighted by Gasteiger charge is -2.22. The van der Waals surface area contributed by atoms with Crippen LogP contribution in [0.15, 0.2) is 42.5 Å². The molecule has 150 valence electrons. The Morgan fingerprint density at radius 1 is 1.00 bits per heavy atom. The molecule has 0 bridgehead atoms. The minimum atomic E-state index is -0.631. The summed E-state index contributed by atoms with van der Waals surface area (Å²) in [4.78, 5) is 25.2. The Labute approximate surface area is 166 Å². The molecule has 2 rings (SSSR count). The first kappa shape index (κ1) is 21.3. The fraction of sp³-hybridized carbons (Fsp3) is 0.364. The van der Waals surface area contributed by atoms with Gasteiger partial charge in [0, 0.05) is 12.1 Å². The highest BCUT2D eigenvalue weighted by molar-refractivity contribution is 5.97. The van der Waals surface area contributed by atoms with Crippen molar-refractivity contribution in [3.05, 3.63) is 59.2 Å². The maximum Gasteiger partial charge on any atom is 0.251 e. The third kappa shape index (κ3) is 5.49. The smallest absolute Gasteiger partial charge is 0.251 e. The Kier molecular flexibility index (Phi) is 7.44. The number of aryl methyl sites for hydroxylation is 1. The van der Waals surface area contributed by atoms with E-state index in [1.807, 2.05) is 45.0 Å². The predicted molar refractivity (Wildman–Crippen MR) is 109 cm³/mol. The third-order valence-corrected chi connectivity index (χ3v) is 4.43.